The second-order valence-electron chi connectivity index (χ2n) is 8.43. The number of hydrogen-bond donors (Lipinski definition) is 2. The molecule has 0 aliphatic heterocycles. The molecule has 0 aliphatic rings. The van der Waals surface area contributed by atoms with Crippen molar-refractivity contribution in [1.29, 1.82) is 0 Å². The van der Waals surface area contributed by atoms with Crippen molar-refractivity contribution >= 4 is 34.2 Å². The molecule has 0 saturated heterocycles. The number of aromatic amines is 1. The first-order valence-electron chi connectivity index (χ1n) is 11.4. The number of nitrogens with one attached hydrogen (secondary N) is 2. The topological polar surface area (TPSA) is 96.8 Å². The van der Waals surface area contributed by atoms with Gasteiger partial charge in [0.05, 0.1) is 11.6 Å². The lowest BCUT2D eigenvalue weighted by Crippen LogP contribution is -2.23. The van der Waals surface area contributed by atoms with E-state index in [0.717, 1.165) is 5.56 Å². The van der Waals surface area contributed by atoms with Gasteiger partial charge in [0, 0.05) is 58.8 Å². The molecule has 0 atom stereocenters. The third kappa shape index (κ3) is 5.19. The van der Waals surface area contributed by atoms with E-state index in [1.54, 1.807) is 59.4 Å². The van der Waals surface area contributed by atoms with E-state index in [2.05, 4.69) is 15.3 Å². The Morgan fingerprint density at radius 3 is 2.62 bits per heavy atom. The van der Waals surface area contributed by atoms with Gasteiger partial charge in [-0.1, -0.05) is 41.9 Å². The number of halogens is 2. The Bertz CT molecular complexity index is 1690. The largest absolute Gasteiger partial charge is 0.360 e. The monoisotopic (exact) mass is 514 g/mol. The van der Waals surface area contributed by atoms with Crippen molar-refractivity contribution in [2.24, 2.45) is 0 Å². The summed E-state index contributed by atoms with van der Waals surface area (Å²) in [6.45, 7) is 0.325. The zero-order valence-corrected chi connectivity index (χ0v) is 20.1. The van der Waals surface area contributed by atoms with Gasteiger partial charge in [-0.05, 0) is 35.9 Å². The molecular formula is C28H20ClFN4O3. The maximum absolute atomic E-state index is 14.4. The van der Waals surface area contributed by atoms with Gasteiger partial charge in [-0.25, -0.2) is 4.39 Å². The predicted molar refractivity (Wildman–Crippen MR) is 138 cm³/mol. The van der Waals surface area contributed by atoms with Crippen LogP contribution in [0.5, 0.6) is 0 Å². The number of aromatic nitrogens is 3. The number of pyridine rings is 2. The van der Waals surface area contributed by atoms with Crippen LogP contribution in [0.25, 0.3) is 10.9 Å². The van der Waals surface area contributed by atoms with Crippen LogP contribution in [0.3, 0.4) is 0 Å². The number of ketones is 1. The molecule has 5 rings (SSSR count). The SMILES string of the molecule is O=C(NCc1cc2c(Cl)c[nH]c2cc1F)c1ccnc(C(=O)c2ccc(Cn3ccccc3=O)cc2)c1. The quantitative estimate of drug-likeness (QED) is 0.307. The molecule has 0 aliphatic carbocycles. The van der Waals surface area contributed by atoms with Crippen LogP contribution in [-0.2, 0) is 13.1 Å². The van der Waals surface area contributed by atoms with E-state index < -0.39 is 11.7 Å². The first-order chi connectivity index (χ1) is 17.9. The highest BCUT2D eigenvalue weighted by molar-refractivity contribution is 6.35. The van der Waals surface area contributed by atoms with E-state index in [-0.39, 0.29) is 34.7 Å². The van der Waals surface area contributed by atoms with E-state index in [9.17, 15) is 18.8 Å². The number of carbonyl (C=O) groups is 2. The number of amides is 1. The molecule has 0 bridgehead atoms. The number of rotatable bonds is 7. The van der Waals surface area contributed by atoms with Crippen molar-refractivity contribution in [3.63, 3.8) is 0 Å². The fourth-order valence-corrected chi connectivity index (χ4v) is 4.17. The molecular weight excluding hydrogens is 495 g/mol. The predicted octanol–water partition coefficient (Wildman–Crippen LogP) is 4.73. The van der Waals surface area contributed by atoms with Gasteiger partial charge in [0.1, 0.15) is 11.5 Å². The molecule has 0 fully saturated rings. The molecule has 9 heteroatoms. The molecule has 184 valence electrons. The van der Waals surface area contributed by atoms with Crippen LogP contribution in [0.2, 0.25) is 5.02 Å². The highest BCUT2D eigenvalue weighted by Crippen LogP contribution is 2.25. The van der Waals surface area contributed by atoms with Crippen LogP contribution in [0.1, 0.15) is 37.5 Å². The molecule has 7 nitrogen and oxygen atoms in total. The highest BCUT2D eigenvalue weighted by atomic mass is 35.5. The van der Waals surface area contributed by atoms with E-state index in [0.29, 0.717) is 28.0 Å². The van der Waals surface area contributed by atoms with Crippen molar-refractivity contribution in [3.05, 3.63) is 134 Å². The Morgan fingerprint density at radius 1 is 1.03 bits per heavy atom. The molecule has 0 saturated carbocycles. The number of nitrogens with zero attached hydrogens (tertiary/aromatic N) is 2. The van der Waals surface area contributed by atoms with Gasteiger partial charge in [0.2, 0.25) is 5.78 Å². The van der Waals surface area contributed by atoms with Gasteiger partial charge < -0.3 is 14.9 Å². The molecule has 0 radical (unpaired) electrons. The van der Waals surface area contributed by atoms with Gasteiger partial charge >= 0.3 is 0 Å². The van der Waals surface area contributed by atoms with Crippen LogP contribution in [0.15, 0.2) is 90.1 Å². The van der Waals surface area contributed by atoms with Crippen LogP contribution >= 0.6 is 11.6 Å². The zero-order valence-electron chi connectivity index (χ0n) is 19.4. The van der Waals surface area contributed by atoms with Crippen LogP contribution in [0, 0.1) is 5.82 Å². The van der Waals surface area contributed by atoms with Crippen LogP contribution in [-0.4, -0.2) is 26.2 Å². The normalized spacial score (nSPS) is 11.0. The van der Waals surface area contributed by atoms with E-state index >= 15 is 0 Å². The summed E-state index contributed by atoms with van der Waals surface area (Å²) in [5.74, 6) is -1.30. The maximum atomic E-state index is 14.4. The summed E-state index contributed by atoms with van der Waals surface area (Å²) in [4.78, 5) is 44.6. The van der Waals surface area contributed by atoms with Crippen molar-refractivity contribution in [2.75, 3.05) is 0 Å². The van der Waals surface area contributed by atoms with E-state index in [1.165, 1.54) is 30.5 Å². The molecule has 0 unspecified atom stereocenters. The molecule has 3 heterocycles. The van der Waals surface area contributed by atoms with Gasteiger partial charge in [-0.2, -0.15) is 0 Å². The Kier molecular flexibility index (Phi) is 6.66. The fourth-order valence-electron chi connectivity index (χ4n) is 3.96. The number of carbonyl (C=O) groups excluding carboxylic acids is 2. The summed E-state index contributed by atoms with van der Waals surface area (Å²) in [6, 6.07) is 17.6. The summed E-state index contributed by atoms with van der Waals surface area (Å²) < 4.78 is 16.0. The van der Waals surface area contributed by atoms with Crippen molar-refractivity contribution in [1.82, 2.24) is 19.9 Å². The van der Waals surface area contributed by atoms with Gasteiger partial charge in [-0.15, -0.1) is 0 Å². The molecule has 2 aromatic carbocycles. The number of fused-ring (bicyclic) bond motifs is 1. The summed E-state index contributed by atoms with van der Waals surface area (Å²) in [5.41, 5.74) is 2.32. The van der Waals surface area contributed by atoms with Crippen LogP contribution < -0.4 is 10.9 Å². The average molecular weight is 515 g/mol. The minimum atomic E-state index is -0.475. The minimum Gasteiger partial charge on any atom is -0.360 e. The summed E-state index contributed by atoms with van der Waals surface area (Å²) in [6.07, 6.45) is 4.65. The van der Waals surface area contributed by atoms with Gasteiger partial charge in [0.25, 0.3) is 11.5 Å². The first kappa shape index (κ1) is 24.1. The summed E-state index contributed by atoms with van der Waals surface area (Å²) >= 11 is 6.11. The van der Waals surface area contributed by atoms with Crippen molar-refractivity contribution < 1.29 is 14.0 Å². The number of hydrogen-bond acceptors (Lipinski definition) is 4. The van der Waals surface area contributed by atoms with Crippen LogP contribution in [0.4, 0.5) is 4.39 Å². The lowest BCUT2D eigenvalue weighted by atomic mass is 10.0. The fraction of sp³-hybridized carbons (Fsp3) is 0.0714. The van der Waals surface area contributed by atoms with Crippen molar-refractivity contribution in [3.8, 4) is 0 Å². The maximum Gasteiger partial charge on any atom is 0.251 e. The molecule has 5 aromatic rings. The lowest BCUT2D eigenvalue weighted by Gasteiger charge is -2.09. The summed E-state index contributed by atoms with van der Waals surface area (Å²) in [5, 5.41) is 3.79. The van der Waals surface area contributed by atoms with Gasteiger partial charge in [0.15, 0.2) is 0 Å². The smallest absolute Gasteiger partial charge is 0.251 e. The first-order valence-corrected chi connectivity index (χ1v) is 11.8. The Labute approximate surface area is 215 Å². The Morgan fingerprint density at radius 2 is 1.84 bits per heavy atom. The van der Waals surface area contributed by atoms with E-state index in [4.69, 9.17) is 11.6 Å². The third-order valence-electron chi connectivity index (χ3n) is 5.96. The zero-order chi connectivity index (χ0) is 25.9. The third-order valence-corrected chi connectivity index (χ3v) is 6.27. The molecule has 0 spiro atoms. The van der Waals surface area contributed by atoms with E-state index in [1.807, 2.05) is 0 Å². The van der Waals surface area contributed by atoms with Gasteiger partial charge in [-0.3, -0.25) is 19.4 Å². The molecule has 1 amide bonds. The molecule has 2 N–H and O–H groups in total. The second-order valence-corrected chi connectivity index (χ2v) is 8.84. The Balaban J connectivity index is 1.27. The Hall–Kier alpha value is -4.56. The average Bonchev–Trinajstić information content (AvgIpc) is 3.27. The second kappa shape index (κ2) is 10.2. The molecule has 37 heavy (non-hydrogen) atoms. The standard InChI is InChI=1S/C28H20ClFN4O3/c29-22-15-32-24-13-23(30)20(11-21(22)24)14-33-28(37)19-8-9-31-25(12-19)27(36)18-6-4-17(5-7-18)16-34-10-2-1-3-26(34)35/h1-13,15,32H,14,16H2,(H,33,37). The lowest BCUT2D eigenvalue weighted by molar-refractivity contribution is 0.0950. The minimum absolute atomic E-state index is 0.0559. The number of benzene rings is 2. The van der Waals surface area contributed by atoms with Crippen molar-refractivity contribution in [2.45, 2.75) is 13.1 Å². The summed E-state index contributed by atoms with van der Waals surface area (Å²) in [7, 11) is 0. The number of H-pyrrole nitrogens is 1. The highest BCUT2D eigenvalue weighted by Gasteiger charge is 2.15. The molecule has 3 aromatic heterocycles.